The van der Waals surface area contributed by atoms with Crippen molar-refractivity contribution in [2.24, 2.45) is 5.73 Å². The highest BCUT2D eigenvalue weighted by Crippen LogP contribution is 2.40. The molecular weight excluding hydrogens is 264 g/mol. The molecule has 0 radical (unpaired) electrons. The Morgan fingerprint density at radius 1 is 1.24 bits per heavy atom. The zero-order chi connectivity index (χ0) is 14.8. The Morgan fingerprint density at radius 2 is 1.95 bits per heavy atom. The van der Waals surface area contributed by atoms with Crippen LogP contribution in [0.4, 0.5) is 0 Å². The Kier molecular flexibility index (Phi) is 4.15. The molecule has 2 unspecified atom stereocenters. The molecule has 3 rings (SSSR count). The Bertz CT molecular complexity index is 496. The van der Waals surface area contributed by atoms with Crippen molar-refractivity contribution in [1.82, 2.24) is 4.90 Å². The van der Waals surface area contributed by atoms with Crippen molar-refractivity contribution in [3.05, 3.63) is 29.8 Å². The summed E-state index contributed by atoms with van der Waals surface area (Å²) >= 11 is 0. The van der Waals surface area contributed by atoms with Gasteiger partial charge in [-0.15, -0.1) is 0 Å². The second-order valence-electron chi connectivity index (χ2n) is 6.10. The van der Waals surface area contributed by atoms with Gasteiger partial charge in [0, 0.05) is 18.5 Å². The van der Waals surface area contributed by atoms with Crippen LogP contribution in [0, 0.1) is 0 Å². The highest BCUT2D eigenvalue weighted by molar-refractivity contribution is 5.78. The molecule has 1 aliphatic carbocycles. The zero-order valence-corrected chi connectivity index (χ0v) is 12.6. The standard InChI is InChI=1S/C17H24N2O2/c1-2-11-21-14-7-3-12(4-8-14)17-15(18)9-10-16(20)19(17)13-5-6-13/h3-4,7-8,13,15,17H,2,5-6,9-11,18H2,1H3. The highest BCUT2D eigenvalue weighted by atomic mass is 16.5. The fraction of sp³-hybridized carbons (Fsp3) is 0.588. The van der Waals surface area contributed by atoms with Gasteiger partial charge in [-0.05, 0) is 43.4 Å². The topological polar surface area (TPSA) is 55.6 Å². The second-order valence-corrected chi connectivity index (χ2v) is 6.10. The molecule has 4 heteroatoms. The molecule has 2 atom stereocenters. The predicted molar refractivity (Wildman–Crippen MR) is 82.0 cm³/mol. The molecule has 2 fully saturated rings. The van der Waals surface area contributed by atoms with E-state index in [4.69, 9.17) is 10.5 Å². The van der Waals surface area contributed by atoms with Crippen LogP contribution < -0.4 is 10.5 Å². The molecule has 0 aromatic heterocycles. The van der Waals surface area contributed by atoms with Crippen LogP contribution in [0.15, 0.2) is 24.3 Å². The first-order chi connectivity index (χ1) is 10.2. The van der Waals surface area contributed by atoms with E-state index >= 15 is 0 Å². The van der Waals surface area contributed by atoms with Crippen molar-refractivity contribution in [3.63, 3.8) is 0 Å². The molecule has 2 aliphatic rings. The molecular formula is C17H24N2O2. The number of benzene rings is 1. The molecule has 21 heavy (non-hydrogen) atoms. The van der Waals surface area contributed by atoms with Gasteiger partial charge in [-0.25, -0.2) is 0 Å². The van der Waals surface area contributed by atoms with Crippen molar-refractivity contribution < 1.29 is 9.53 Å². The normalized spacial score (nSPS) is 26.0. The number of hydrogen-bond acceptors (Lipinski definition) is 3. The molecule has 0 bridgehead atoms. The summed E-state index contributed by atoms with van der Waals surface area (Å²) in [5, 5.41) is 0. The Balaban J connectivity index is 1.80. The maximum atomic E-state index is 12.3. The summed E-state index contributed by atoms with van der Waals surface area (Å²) in [6, 6.07) is 8.56. The summed E-state index contributed by atoms with van der Waals surface area (Å²) in [7, 11) is 0. The lowest BCUT2D eigenvalue weighted by Crippen LogP contribution is -2.49. The quantitative estimate of drug-likeness (QED) is 0.906. The average molecular weight is 288 g/mol. The molecule has 1 saturated heterocycles. The average Bonchev–Trinajstić information content (AvgIpc) is 3.32. The Hall–Kier alpha value is -1.55. The van der Waals surface area contributed by atoms with E-state index in [1.54, 1.807) is 0 Å². The predicted octanol–water partition coefficient (Wildman–Crippen LogP) is 2.63. The molecule has 1 aromatic rings. The number of nitrogens with two attached hydrogens (primary N) is 1. The third-order valence-electron chi connectivity index (χ3n) is 4.32. The van der Waals surface area contributed by atoms with Gasteiger partial charge in [0.25, 0.3) is 0 Å². The summed E-state index contributed by atoms with van der Waals surface area (Å²) in [6.07, 6.45) is 4.60. The molecule has 1 aromatic carbocycles. The van der Waals surface area contributed by atoms with Crippen LogP contribution in [0.5, 0.6) is 5.75 Å². The van der Waals surface area contributed by atoms with Gasteiger partial charge >= 0.3 is 0 Å². The molecule has 1 saturated carbocycles. The number of piperidine rings is 1. The summed E-state index contributed by atoms with van der Waals surface area (Å²) in [5.41, 5.74) is 7.45. The first-order valence-electron chi connectivity index (χ1n) is 8.00. The Morgan fingerprint density at radius 3 is 2.57 bits per heavy atom. The first-order valence-corrected chi connectivity index (χ1v) is 8.00. The minimum Gasteiger partial charge on any atom is -0.494 e. The van der Waals surface area contributed by atoms with Gasteiger partial charge in [0.1, 0.15) is 5.75 Å². The monoisotopic (exact) mass is 288 g/mol. The number of nitrogens with zero attached hydrogens (tertiary/aromatic N) is 1. The molecule has 1 heterocycles. The number of hydrogen-bond donors (Lipinski definition) is 1. The van der Waals surface area contributed by atoms with E-state index in [1.807, 2.05) is 17.0 Å². The lowest BCUT2D eigenvalue weighted by molar-refractivity contribution is -0.138. The molecule has 2 N–H and O–H groups in total. The lowest BCUT2D eigenvalue weighted by atomic mass is 9.90. The van der Waals surface area contributed by atoms with Gasteiger partial charge in [-0.2, -0.15) is 0 Å². The van der Waals surface area contributed by atoms with Gasteiger partial charge in [0.15, 0.2) is 0 Å². The highest BCUT2D eigenvalue weighted by Gasteiger charge is 2.42. The second kappa shape index (κ2) is 6.06. The number of carbonyl (C=O) groups excluding carboxylic acids is 1. The molecule has 0 spiro atoms. The van der Waals surface area contributed by atoms with Crippen LogP contribution >= 0.6 is 0 Å². The number of rotatable bonds is 5. The van der Waals surface area contributed by atoms with Crippen LogP contribution in [0.1, 0.15) is 50.6 Å². The third kappa shape index (κ3) is 3.05. The first kappa shape index (κ1) is 14.4. The van der Waals surface area contributed by atoms with Crippen molar-refractivity contribution in [1.29, 1.82) is 0 Å². The van der Waals surface area contributed by atoms with Crippen molar-refractivity contribution >= 4 is 5.91 Å². The summed E-state index contributed by atoms with van der Waals surface area (Å²) in [6.45, 7) is 2.82. The summed E-state index contributed by atoms with van der Waals surface area (Å²) < 4.78 is 5.62. The van der Waals surface area contributed by atoms with E-state index in [0.717, 1.165) is 43.6 Å². The van der Waals surface area contributed by atoms with Crippen LogP contribution in [0.3, 0.4) is 0 Å². The molecule has 114 valence electrons. The Labute approximate surface area is 126 Å². The van der Waals surface area contributed by atoms with Crippen molar-refractivity contribution in [3.8, 4) is 5.75 Å². The van der Waals surface area contributed by atoms with Gasteiger partial charge in [0.2, 0.25) is 5.91 Å². The van der Waals surface area contributed by atoms with Gasteiger partial charge in [-0.1, -0.05) is 19.1 Å². The number of carbonyl (C=O) groups is 1. The smallest absolute Gasteiger partial charge is 0.223 e. The maximum Gasteiger partial charge on any atom is 0.223 e. The number of likely N-dealkylation sites (tertiary alicyclic amines) is 1. The van der Waals surface area contributed by atoms with Crippen LogP contribution in [-0.2, 0) is 4.79 Å². The number of ether oxygens (including phenoxy) is 1. The summed E-state index contributed by atoms with van der Waals surface area (Å²) in [5.74, 6) is 1.14. The van der Waals surface area contributed by atoms with Crippen molar-refractivity contribution in [2.45, 2.75) is 57.2 Å². The lowest BCUT2D eigenvalue weighted by Gasteiger charge is -2.40. The van der Waals surface area contributed by atoms with E-state index in [-0.39, 0.29) is 18.0 Å². The van der Waals surface area contributed by atoms with Crippen LogP contribution in [0.25, 0.3) is 0 Å². The SMILES string of the molecule is CCCOc1ccc(C2C(N)CCC(=O)N2C2CC2)cc1. The minimum absolute atomic E-state index is 0.0268. The molecule has 4 nitrogen and oxygen atoms in total. The fourth-order valence-electron chi connectivity index (χ4n) is 3.11. The van der Waals surface area contributed by atoms with Crippen LogP contribution in [0.2, 0.25) is 0 Å². The molecule has 1 amide bonds. The third-order valence-corrected chi connectivity index (χ3v) is 4.32. The largest absolute Gasteiger partial charge is 0.494 e. The zero-order valence-electron chi connectivity index (χ0n) is 12.6. The molecule has 1 aliphatic heterocycles. The van der Waals surface area contributed by atoms with E-state index < -0.39 is 0 Å². The van der Waals surface area contributed by atoms with Gasteiger partial charge < -0.3 is 15.4 Å². The van der Waals surface area contributed by atoms with E-state index in [0.29, 0.717) is 12.5 Å². The fourth-order valence-corrected chi connectivity index (χ4v) is 3.11. The van der Waals surface area contributed by atoms with E-state index in [2.05, 4.69) is 19.1 Å². The van der Waals surface area contributed by atoms with E-state index in [1.165, 1.54) is 0 Å². The summed E-state index contributed by atoms with van der Waals surface area (Å²) in [4.78, 5) is 14.3. The number of amides is 1. The van der Waals surface area contributed by atoms with Crippen molar-refractivity contribution in [2.75, 3.05) is 6.61 Å². The van der Waals surface area contributed by atoms with E-state index in [9.17, 15) is 4.79 Å². The van der Waals surface area contributed by atoms with Gasteiger partial charge in [0.05, 0.1) is 12.6 Å². The van der Waals surface area contributed by atoms with Gasteiger partial charge in [-0.3, -0.25) is 4.79 Å². The minimum atomic E-state index is 0.0268. The maximum absolute atomic E-state index is 12.3. The van der Waals surface area contributed by atoms with Crippen LogP contribution in [-0.4, -0.2) is 29.5 Å².